The number of benzene rings is 2. The zero-order valence-electron chi connectivity index (χ0n) is 28.7. The Labute approximate surface area is 251 Å². The molecule has 0 aromatic heterocycles. The highest BCUT2D eigenvalue weighted by molar-refractivity contribution is 5.79. The Morgan fingerprint density at radius 3 is 1.05 bits per heavy atom. The van der Waals surface area contributed by atoms with Crippen molar-refractivity contribution < 1.29 is 10.2 Å². The van der Waals surface area contributed by atoms with Gasteiger partial charge in [0.05, 0.1) is 6.17 Å². The van der Waals surface area contributed by atoms with Gasteiger partial charge in [-0.3, -0.25) is 0 Å². The number of aromatic hydroxyl groups is 2. The average molecular weight is 563 g/mol. The van der Waals surface area contributed by atoms with Crippen LogP contribution < -0.4 is 5.73 Å². The number of allylic oxidation sites excluding steroid dienone is 2. The zero-order valence-corrected chi connectivity index (χ0v) is 28.7. The Kier molecular flexibility index (Phi) is 9.99. The van der Waals surface area contributed by atoms with E-state index in [-0.39, 0.29) is 27.8 Å². The van der Waals surface area contributed by atoms with Crippen molar-refractivity contribution in [2.45, 2.75) is 138 Å². The van der Waals surface area contributed by atoms with E-state index in [0.717, 1.165) is 51.2 Å². The lowest BCUT2D eigenvalue weighted by Crippen LogP contribution is -2.39. The molecule has 2 aromatic rings. The van der Waals surface area contributed by atoms with E-state index >= 15 is 0 Å². The number of hydrogen-bond acceptors (Lipinski definition) is 4. The maximum atomic E-state index is 11.4. The van der Waals surface area contributed by atoms with Crippen LogP contribution in [0.5, 0.6) is 11.5 Å². The summed E-state index contributed by atoms with van der Waals surface area (Å²) in [7, 11) is 0. The lowest BCUT2D eigenvalue weighted by molar-refractivity contribution is 0.395. The summed E-state index contributed by atoms with van der Waals surface area (Å²) in [5.74, 6) is 0.731. The molecule has 228 valence electrons. The first-order valence-corrected chi connectivity index (χ1v) is 15.1. The van der Waals surface area contributed by atoms with Crippen molar-refractivity contribution in [2.24, 2.45) is 5.73 Å². The number of hydrogen-bond donors (Lipinski definition) is 3. The third-order valence-corrected chi connectivity index (χ3v) is 7.86. The van der Waals surface area contributed by atoms with Gasteiger partial charge in [0.1, 0.15) is 11.5 Å². The van der Waals surface area contributed by atoms with E-state index in [1.807, 2.05) is 0 Å². The number of nitrogens with two attached hydrogens (primary N) is 1. The average Bonchev–Trinajstić information content (AvgIpc) is 2.81. The fourth-order valence-corrected chi connectivity index (χ4v) is 5.41. The highest BCUT2D eigenvalue weighted by atomic mass is 16.3. The van der Waals surface area contributed by atoms with Crippen LogP contribution in [0.25, 0.3) is 11.4 Å². The van der Waals surface area contributed by atoms with Crippen LogP contribution in [-0.2, 0) is 21.7 Å². The van der Waals surface area contributed by atoms with Gasteiger partial charge in [-0.1, -0.05) is 102 Å². The summed E-state index contributed by atoms with van der Waals surface area (Å²) in [6.45, 7) is 31.9. The van der Waals surface area contributed by atoms with Crippen LogP contribution in [0.15, 0.2) is 36.4 Å². The van der Waals surface area contributed by atoms with Gasteiger partial charge in [0.15, 0.2) is 0 Å². The van der Waals surface area contributed by atoms with Crippen LogP contribution >= 0.6 is 0 Å². The molecular weight excluding hydrogens is 504 g/mol. The number of rotatable bonds is 6. The standard InChI is InChI=1S/C37H58N2O2/c1-16-29(23-19-25(34(4,5)6)32(40)26(20-23)35(7,8)9)39(31(38)18-3)30(17-2)24-21-27(36(10,11)12)33(41)28(22-24)37(13,14)15/h16-17,19-22,31,40-41H,18,38H2,1-15H3. The van der Waals surface area contributed by atoms with E-state index in [4.69, 9.17) is 5.73 Å². The molecule has 0 fully saturated rings. The Hall–Kier alpha value is -2.72. The number of phenols is 2. The molecule has 0 radical (unpaired) electrons. The van der Waals surface area contributed by atoms with E-state index in [9.17, 15) is 10.2 Å². The Balaban J connectivity index is 3.00. The van der Waals surface area contributed by atoms with Gasteiger partial charge in [0, 0.05) is 33.6 Å². The minimum absolute atomic E-state index is 0.250. The molecule has 1 atom stereocenters. The van der Waals surface area contributed by atoms with Crippen molar-refractivity contribution in [3.05, 3.63) is 69.8 Å². The van der Waals surface area contributed by atoms with Crippen LogP contribution in [0.4, 0.5) is 0 Å². The van der Waals surface area contributed by atoms with E-state index in [1.165, 1.54) is 0 Å². The maximum absolute atomic E-state index is 11.4. The van der Waals surface area contributed by atoms with E-state index in [0.29, 0.717) is 11.5 Å². The van der Waals surface area contributed by atoms with Crippen molar-refractivity contribution in [2.75, 3.05) is 0 Å². The van der Waals surface area contributed by atoms with Crippen LogP contribution in [0, 0.1) is 0 Å². The van der Waals surface area contributed by atoms with Crippen molar-refractivity contribution in [3.63, 3.8) is 0 Å². The molecule has 0 amide bonds. The van der Waals surface area contributed by atoms with Crippen LogP contribution in [0.3, 0.4) is 0 Å². The molecule has 2 rings (SSSR count). The van der Waals surface area contributed by atoms with Gasteiger partial charge in [0.2, 0.25) is 0 Å². The summed E-state index contributed by atoms with van der Waals surface area (Å²) >= 11 is 0. The molecule has 0 aliphatic rings. The summed E-state index contributed by atoms with van der Waals surface area (Å²) in [6, 6.07) is 8.50. The molecule has 0 bridgehead atoms. The van der Waals surface area contributed by atoms with Crippen LogP contribution in [-0.4, -0.2) is 21.3 Å². The number of nitrogens with zero attached hydrogens (tertiary/aromatic N) is 1. The lowest BCUT2D eigenvalue weighted by atomic mass is 9.77. The van der Waals surface area contributed by atoms with Gasteiger partial charge in [-0.25, -0.2) is 0 Å². The molecule has 4 heteroatoms. The summed E-state index contributed by atoms with van der Waals surface area (Å²) in [5, 5.41) is 22.8. The predicted octanol–water partition coefficient (Wildman–Crippen LogP) is 9.71. The monoisotopic (exact) mass is 562 g/mol. The fourth-order valence-electron chi connectivity index (χ4n) is 5.41. The van der Waals surface area contributed by atoms with Crippen LogP contribution in [0.1, 0.15) is 144 Å². The first-order chi connectivity index (χ1) is 18.5. The van der Waals surface area contributed by atoms with Gasteiger partial charge < -0.3 is 20.8 Å². The van der Waals surface area contributed by atoms with Crippen molar-refractivity contribution in [1.29, 1.82) is 0 Å². The highest BCUT2D eigenvalue weighted by Crippen LogP contribution is 2.45. The molecular formula is C37H58N2O2. The second-order valence-electron chi connectivity index (χ2n) is 15.5. The zero-order chi connectivity index (χ0) is 31.9. The maximum Gasteiger partial charge on any atom is 0.123 e. The second-order valence-corrected chi connectivity index (χ2v) is 15.5. The molecule has 0 aliphatic heterocycles. The van der Waals surface area contributed by atoms with Gasteiger partial charge in [-0.2, -0.15) is 0 Å². The van der Waals surface area contributed by atoms with Crippen LogP contribution in [0.2, 0.25) is 0 Å². The second kappa shape index (κ2) is 11.9. The summed E-state index contributed by atoms with van der Waals surface area (Å²) in [4.78, 5) is 2.23. The van der Waals surface area contributed by atoms with Crippen molar-refractivity contribution in [1.82, 2.24) is 4.90 Å². The predicted molar refractivity (Wildman–Crippen MR) is 178 cm³/mol. The normalized spacial score (nSPS) is 14.8. The third kappa shape index (κ3) is 7.38. The van der Waals surface area contributed by atoms with Gasteiger partial charge >= 0.3 is 0 Å². The minimum Gasteiger partial charge on any atom is -0.507 e. The van der Waals surface area contributed by atoms with Crippen molar-refractivity contribution >= 4 is 11.4 Å². The first-order valence-electron chi connectivity index (χ1n) is 15.1. The topological polar surface area (TPSA) is 69.7 Å². The van der Waals surface area contributed by atoms with E-state index < -0.39 is 0 Å². The smallest absolute Gasteiger partial charge is 0.123 e. The molecule has 0 heterocycles. The molecule has 4 nitrogen and oxygen atoms in total. The van der Waals surface area contributed by atoms with E-state index in [1.54, 1.807) is 0 Å². The Morgan fingerprint density at radius 1 is 0.634 bits per heavy atom. The summed E-state index contributed by atoms with van der Waals surface area (Å²) in [6.07, 6.45) is 4.70. The largest absolute Gasteiger partial charge is 0.507 e. The van der Waals surface area contributed by atoms with Crippen molar-refractivity contribution in [3.8, 4) is 11.5 Å². The molecule has 0 saturated carbocycles. The van der Waals surface area contributed by atoms with Gasteiger partial charge in [-0.05, 0) is 77.3 Å². The Morgan fingerprint density at radius 2 is 0.878 bits per heavy atom. The molecule has 1 unspecified atom stereocenters. The SMILES string of the molecule is CC=C(c1cc(C(C)(C)C)c(O)c(C(C)(C)C)c1)N(C(=CC)c1cc(C(C)(C)C)c(O)c(C(C)(C)C)c1)C(N)CC. The lowest BCUT2D eigenvalue weighted by Gasteiger charge is -2.37. The highest BCUT2D eigenvalue weighted by Gasteiger charge is 2.32. The third-order valence-electron chi connectivity index (χ3n) is 7.86. The quantitative estimate of drug-likeness (QED) is 0.307. The summed E-state index contributed by atoms with van der Waals surface area (Å²) in [5.41, 5.74) is 13.6. The molecule has 0 saturated heterocycles. The molecule has 2 aromatic carbocycles. The molecule has 0 aliphatic carbocycles. The molecule has 0 spiro atoms. The molecule has 4 N–H and O–H groups in total. The minimum atomic E-state index is -0.289. The number of phenolic OH excluding ortho intramolecular Hbond substituents is 2. The first kappa shape index (κ1) is 34.5. The Bertz CT molecular complexity index is 1130. The molecule has 41 heavy (non-hydrogen) atoms. The fraction of sp³-hybridized carbons (Fsp3) is 0.568. The van der Waals surface area contributed by atoms with E-state index in [2.05, 4.69) is 145 Å². The summed E-state index contributed by atoms with van der Waals surface area (Å²) < 4.78 is 0. The van der Waals surface area contributed by atoms with Gasteiger partial charge in [-0.15, -0.1) is 0 Å². The van der Waals surface area contributed by atoms with Gasteiger partial charge in [0.25, 0.3) is 0 Å².